The molecule has 2 saturated heterocycles. The highest BCUT2D eigenvalue weighted by Crippen LogP contribution is 2.38. The van der Waals surface area contributed by atoms with Crippen molar-refractivity contribution in [2.45, 2.75) is 25.4 Å². The highest BCUT2D eigenvalue weighted by atomic mass is 16.5. The van der Waals surface area contributed by atoms with Gasteiger partial charge in [0.05, 0.1) is 13.2 Å². The molecule has 3 rings (SSSR count). The second kappa shape index (κ2) is 8.27. The van der Waals surface area contributed by atoms with E-state index in [0.29, 0.717) is 24.3 Å². The lowest BCUT2D eigenvalue weighted by Crippen LogP contribution is -2.59. The number of hydrogen-bond acceptors (Lipinski definition) is 6. The molecule has 0 unspecified atom stereocenters. The molecule has 1 aromatic carbocycles. The zero-order valence-corrected chi connectivity index (χ0v) is 16.1. The van der Waals surface area contributed by atoms with E-state index >= 15 is 0 Å². The summed E-state index contributed by atoms with van der Waals surface area (Å²) >= 11 is 0. The summed E-state index contributed by atoms with van der Waals surface area (Å²) in [5.41, 5.74) is 1.05. The number of anilines is 1. The molecule has 2 heterocycles. The number of ether oxygens (including phenoxy) is 1. The van der Waals surface area contributed by atoms with E-state index in [0.717, 1.165) is 32.4 Å². The SMILES string of the molecule is COC(=O)CNc1cccc(C(=O)N2CCC[C@]3(CN(C)CC[C@@H]3O)C2)c1. The third kappa shape index (κ3) is 4.42. The Bertz CT molecular complexity index is 696. The molecule has 2 atom stereocenters. The number of nitrogens with zero attached hydrogens (tertiary/aromatic N) is 2. The molecule has 0 radical (unpaired) electrons. The maximum atomic E-state index is 13.1. The van der Waals surface area contributed by atoms with Gasteiger partial charge in [0, 0.05) is 42.8 Å². The smallest absolute Gasteiger partial charge is 0.325 e. The van der Waals surface area contributed by atoms with Crippen molar-refractivity contribution in [2.24, 2.45) is 5.41 Å². The predicted molar refractivity (Wildman–Crippen MR) is 103 cm³/mol. The van der Waals surface area contributed by atoms with E-state index < -0.39 is 0 Å². The Morgan fingerprint density at radius 2 is 2.15 bits per heavy atom. The van der Waals surface area contributed by atoms with Crippen molar-refractivity contribution >= 4 is 17.6 Å². The van der Waals surface area contributed by atoms with Crippen molar-refractivity contribution in [1.29, 1.82) is 0 Å². The Kier molecular flexibility index (Phi) is 6.01. The Labute approximate surface area is 160 Å². The number of aliphatic hydroxyl groups is 1. The van der Waals surface area contributed by atoms with E-state index in [9.17, 15) is 14.7 Å². The molecule has 0 aliphatic carbocycles. The molecule has 7 nitrogen and oxygen atoms in total. The number of nitrogens with one attached hydrogen (secondary N) is 1. The minimum absolute atomic E-state index is 0.0313. The highest BCUT2D eigenvalue weighted by Gasteiger charge is 2.45. The zero-order chi connectivity index (χ0) is 19.4. The van der Waals surface area contributed by atoms with Gasteiger partial charge in [-0.3, -0.25) is 9.59 Å². The summed E-state index contributed by atoms with van der Waals surface area (Å²) in [4.78, 5) is 28.5. The van der Waals surface area contributed by atoms with Crippen LogP contribution in [0.5, 0.6) is 0 Å². The summed E-state index contributed by atoms with van der Waals surface area (Å²) in [5.74, 6) is -0.392. The van der Waals surface area contributed by atoms with Gasteiger partial charge in [0.15, 0.2) is 0 Å². The molecular weight excluding hydrogens is 346 g/mol. The molecule has 7 heteroatoms. The summed E-state index contributed by atoms with van der Waals surface area (Å²) in [6.45, 7) is 3.05. The fourth-order valence-corrected chi connectivity index (χ4v) is 4.30. The first-order valence-corrected chi connectivity index (χ1v) is 9.50. The third-order valence-corrected chi connectivity index (χ3v) is 5.75. The lowest BCUT2D eigenvalue weighted by Gasteiger charge is -2.50. The van der Waals surface area contributed by atoms with E-state index in [1.54, 1.807) is 18.2 Å². The highest BCUT2D eigenvalue weighted by molar-refractivity contribution is 5.95. The number of likely N-dealkylation sites (tertiary alicyclic amines) is 2. The summed E-state index contributed by atoms with van der Waals surface area (Å²) in [7, 11) is 3.41. The van der Waals surface area contributed by atoms with Crippen molar-refractivity contribution in [3.63, 3.8) is 0 Å². The van der Waals surface area contributed by atoms with Crippen LogP contribution in [0.1, 0.15) is 29.6 Å². The number of rotatable bonds is 4. The van der Waals surface area contributed by atoms with E-state index in [1.165, 1.54) is 7.11 Å². The number of esters is 1. The Balaban J connectivity index is 1.71. The fourth-order valence-electron chi connectivity index (χ4n) is 4.30. The second-order valence-electron chi connectivity index (χ2n) is 7.75. The van der Waals surface area contributed by atoms with Crippen LogP contribution in [0, 0.1) is 5.41 Å². The number of hydrogen-bond donors (Lipinski definition) is 2. The Morgan fingerprint density at radius 1 is 1.33 bits per heavy atom. The van der Waals surface area contributed by atoms with Crippen LogP contribution >= 0.6 is 0 Å². The van der Waals surface area contributed by atoms with Gasteiger partial charge in [0.2, 0.25) is 0 Å². The number of piperidine rings is 2. The number of aliphatic hydroxyl groups excluding tert-OH is 1. The maximum absolute atomic E-state index is 13.1. The molecule has 148 valence electrons. The van der Waals surface area contributed by atoms with Crippen molar-refractivity contribution in [2.75, 3.05) is 52.2 Å². The first kappa shape index (κ1) is 19.6. The van der Waals surface area contributed by atoms with E-state index in [-0.39, 0.29) is 29.9 Å². The molecule has 2 N–H and O–H groups in total. The fraction of sp³-hybridized carbons (Fsp3) is 0.600. The van der Waals surface area contributed by atoms with Crippen LogP contribution in [0.25, 0.3) is 0 Å². The molecule has 27 heavy (non-hydrogen) atoms. The van der Waals surface area contributed by atoms with Crippen molar-refractivity contribution < 1.29 is 19.4 Å². The molecule has 1 spiro atoms. The topological polar surface area (TPSA) is 82.1 Å². The number of methoxy groups -OCH3 is 1. The van der Waals surface area contributed by atoms with Crippen LogP contribution < -0.4 is 5.32 Å². The molecule has 0 aromatic heterocycles. The molecule has 1 aromatic rings. The van der Waals surface area contributed by atoms with Crippen LogP contribution in [0.2, 0.25) is 0 Å². The van der Waals surface area contributed by atoms with Crippen molar-refractivity contribution in [3.8, 4) is 0 Å². The van der Waals surface area contributed by atoms with Crippen LogP contribution in [0.4, 0.5) is 5.69 Å². The average Bonchev–Trinajstić information content (AvgIpc) is 2.69. The minimum Gasteiger partial charge on any atom is -0.468 e. The summed E-state index contributed by atoms with van der Waals surface area (Å²) in [6, 6.07) is 7.17. The number of carbonyl (C=O) groups excluding carboxylic acids is 2. The minimum atomic E-state index is -0.364. The molecule has 2 fully saturated rings. The van der Waals surface area contributed by atoms with Gasteiger partial charge in [0.25, 0.3) is 5.91 Å². The van der Waals surface area contributed by atoms with Gasteiger partial charge in [-0.2, -0.15) is 0 Å². The molecular formula is C20H29N3O4. The zero-order valence-electron chi connectivity index (χ0n) is 16.1. The van der Waals surface area contributed by atoms with Crippen molar-refractivity contribution in [1.82, 2.24) is 9.80 Å². The van der Waals surface area contributed by atoms with Gasteiger partial charge in [0.1, 0.15) is 6.54 Å². The molecule has 1 amide bonds. The van der Waals surface area contributed by atoms with Gasteiger partial charge in [-0.05, 0) is 44.5 Å². The number of amides is 1. The quantitative estimate of drug-likeness (QED) is 0.770. The molecule has 2 aliphatic heterocycles. The van der Waals surface area contributed by atoms with Gasteiger partial charge in [-0.1, -0.05) is 6.07 Å². The average molecular weight is 375 g/mol. The third-order valence-electron chi connectivity index (χ3n) is 5.75. The normalized spacial score (nSPS) is 26.0. The maximum Gasteiger partial charge on any atom is 0.325 e. The summed E-state index contributed by atoms with van der Waals surface area (Å²) in [6.07, 6.45) is 2.24. The summed E-state index contributed by atoms with van der Waals surface area (Å²) in [5, 5.41) is 13.6. The summed E-state index contributed by atoms with van der Waals surface area (Å²) < 4.78 is 4.62. The first-order valence-electron chi connectivity index (χ1n) is 9.50. The Hall–Kier alpha value is -2.12. The number of benzene rings is 1. The molecule has 0 saturated carbocycles. The van der Waals surface area contributed by atoms with Crippen LogP contribution in [0.3, 0.4) is 0 Å². The van der Waals surface area contributed by atoms with Crippen molar-refractivity contribution in [3.05, 3.63) is 29.8 Å². The van der Waals surface area contributed by atoms with Gasteiger partial charge in [-0.15, -0.1) is 0 Å². The van der Waals surface area contributed by atoms with Gasteiger partial charge < -0.3 is 25.0 Å². The lowest BCUT2D eigenvalue weighted by molar-refractivity contribution is -0.138. The second-order valence-corrected chi connectivity index (χ2v) is 7.75. The monoisotopic (exact) mass is 375 g/mol. The first-order chi connectivity index (χ1) is 12.9. The van der Waals surface area contributed by atoms with Crippen LogP contribution in [-0.4, -0.2) is 79.8 Å². The van der Waals surface area contributed by atoms with E-state index in [1.807, 2.05) is 11.0 Å². The Morgan fingerprint density at radius 3 is 2.93 bits per heavy atom. The largest absolute Gasteiger partial charge is 0.468 e. The standard InChI is InChI=1S/C20H29N3O4/c1-22-10-7-17(24)20(13-22)8-4-9-23(14-20)19(26)15-5-3-6-16(11-15)21-12-18(25)27-2/h3,5-6,11,17,21,24H,4,7-10,12-14H2,1-2H3/t17-,20-/m0/s1. The number of carbonyl (C=O) groups is 2. The molecule has 2 aliphatic rings. The van der Waals surface area contributed by atoms with Crippen LogP contribution in [-0.2, 0) is 9.53 Å². The molecule has 0 bridgehead atoms. The van der Waals surface area contributed by atoms with E-state index in [4.69, 9.17) is 0 Å². The van der Waals surface area contributed by atoms with Gasteiger partial charge in [-0.25, -0.2) is 0 Å². The predicted octanol–water partition coefficient (Wildman–Crippen LogP) is 1.19. The van der Waals surface area contributed by atoms with Gasteiger partial charge >= 0.3 is 5.97 Å². The van der Waals surface area contributed by atoms with Crippen LogP contribution in [0.15, 0.2) is 24.3 Å². The van der Waals surface area contributed by atoms with E-state index in [2.05, 4.69) is 22.0 Å². The lowest BCUT2D eigenvalue weighted by atomic mass is 9.71.